The van der Waals surface area contributed by atoms with Crippen molar-refractivity contribution < 1.29 is 4.74 Å². The maximum absolute atomic E-state index is 5.67. The number of aromatic nitrogens is 2. The van der Waals surface area contributed by atoms with E-state index in [0.717, 1.165) is 30.5 Å². The van der Waals surface area contributed by atoms with E-state index in [4.69, 9.17) is 4.74 Å². The van der Waals surface area contributed by atoms with E-state index >= 15 is 0 Å². The first-order valence-corrected chi connectivity index (χ1v) is 7.22. The fraction of sp³-hybridized carbons (Fsp3) is 0.733. The van der Waals surface area contributed by atoms with Gasteiger partial charge >= 0.3 is 0 Å². The fourth-order valence-corrected chi connectivity index (χ4v) is 2.27. The van der Waals surface area contributed by atoms with Gasteiger partial charge in [-0.05, 0) is 20.3 Å². The maximum Gasteiger partial charge on any atom is 0.138 e. The zero-order valence-electron chi connectivity index (χ0n) is 13.4. The molecule has 2 unspecified atom stereocenters. The number of rotatable bonds is 3. The predicted octanol–water partition coefficient (Wildman–Crippen LogP) is 2.80. The number of hydrogen-bond acceptors (Lipinski definition) is 5. The van der Waals surface area contributed by atoms with E-state index in [9.17, 15) is 0 Å². The Morgan fingerprint density at radius 3 is 2.45 bits per heavy atom. The number of hydrogen-bond donors (Lipinski definition) is 2. The molecule has 1 aliphatic heterocycles. The van der Waals surface area contributed by atoms with Crippen molar-refractivity contribution in [2.75, 3.05) is 24.3 Å². The summed E-state index contributed by atoms with van der Waals surface area (Å²) >= 11 is 0. The highest BCUT2D eigenvalue weighted by Gasteiger charge is 2.37. The lowest BCUT2D eigenvalue weighted by molar-refractivity contribution is 0.105. The lowest BCUT2D eigenvalue weighted by Crippen LogP contribution is -2.41. The van der Waals surface area contributed by atoms with Gasteiger partial charge in [-0.1, -0.05) is 20.8 Å². The van der Waals surface area contributed by atoms with Crippen molar-refractivity contribution in [2.24, 2.45) is 0 Å². The summed E-state index contributed by atoms with van der Waals surface area (Å²) in [6.45, 7) is 11.4. The van der Waals surface area contributed by atoms with Crippen LogP contribution in [0.5, 0.6) is 0 Å². The molecule has 112 valence electrons. The molecule has 2 rings (SSSR count). The van der Waals surface area contributed by atoms with Gasteiger partial charge in [0, 0.05) is 25.1 Å². The summed E-state index contributed by atoms with van der Waals surface area (Å²) in [6.07, 6.45) is 1.16. The lowest BCUT2D eigenvalue weighted by atomic mass is 9.94. The van der Waals surface area contributed by atoms with Gasteiger partial charge in [-0.15, -0.1) is 0 Å². The molecule has 1 saturated heterocycles. The van der Waals surface area contributed by atoms with E-state index in [2.05, 4.69) is 55.2 Å². The van der Waals surface area contributed by atoms with Gasteiger partial charge in [0.1, 0.15) is 17.5 Å². The average Bonchev–Trinajstić information content (AvgIpc) is 2.67. The third kappa shape index (κ3) is 3.03. The monoisotopic (exact) mass is 278 g/mol. The highest BCUT2D eigenvalue weighted by atomic mass is 16.5. The Morgan fingerprint density at radius 1 is 1.30 bits per heavy atom. The van der Waals surface area contributed by atoms with Crippen LogP contribution in [-0.4, -0.2) is 35.3 Å². The molecule has 5 nitrogen and oxygen atoms in total. The lowest BCUT2D eigenvalue weighted by Gasteiger charge is -2.30. The van der Waals surface area contributed by atoms with Crippen molar-refractivity contribution in [1.82, 2.24) is 9.97 Å². The van der Waals surface area contributed by atoms with Crippen LogP contribution in [0.4, 0.5) is 11.6 Å². The van der Waals surface area contributed by atoms with Crippen molar-refractivity contribution in [3.63, 3.8) is 0 Å². The second-order valence-corrected chi connectivity index (χ2v) is 6.77. The molecule has 1 fully saturated rings. The highest BCUT2D eigenvalue weighted by molar-refractivity contribution is 5.49. The molecule has 1 aliphatic rings. The summed E-state index contributed by atoms with van der Waals surface area (Å²) < 4.78 is 5.67. The van der Waals surface area contributed by atoms with Gasteiger partial charge in [0.2, 0.25) is 0 Å². The average molecular weight is 278 g/mol. The second-order valence-electron chi connectivity index (χ2n) is 6.77. The summed E-state index contributed by atoms with van der Waals surface area (Å²) in [5.74, 6) is 2.53. The normalized spacial score (nSPS) is 26.6. The molecule has 2 heterocycles. The summed E-state index contributed by atoms with van der Waals surface area (Å²) in [7, 11) is 1.88. The minimum Gasteiger partial charge on any atom is -0.376 e. The van der Waals surface area contributed by atoms with Crippen molar-refractivity contribution in [1.29, 1.82) is 0 Å². The Labute approximate surface area is 121 Å². The van der Waals surface area contributed by atoms with Crippen LogP contribution in [0.2, 0.25) is 0 Å². The van der Waals surface area contributed by atoms with Crippen LogP contribution in [-0.2, 0) is 10.2 Å². The topological polar surface area (TPSA) is 59.1 Å². The van der Waals surface area contributed by atoms with Crippen LogP contribution >= 0.6 is 0 Å². The third-order valence-corrected chi connectivity index (χ3v) is 3.95. The van der Waals surface area contributed by atoms with Crippen LogP contribution in [0.25, 0.3) is 0 Å². The summed E-state index contributed by atoms with van der Waals surface area (Å²) in [4.78, 5) is 9.22. The van der Waals surface area contributed by atoms with E-state index in [0.29, 0.717) is 0 Å². The molecule has 1 aromatic heterocycles. The predicted molar refractivity (Wildman–Crippen MR) is 82.3 cm³/mol. The van der Waals surface area contributed by atoms with Crippen LogP contribution in [0, 0.1) is 0 Å². The molecule has 2 atom stereocenters. The fourth-order valence-electron chi connectivity index (χ4n) is 2.27. The molecule has 0 aliphatic carbocycles. The van der Waals surface area contributed by atoms with Gasteiger partial charge in [0.05, 0.1) is 11.6 Å². The molecule has 0 spiro atoms. The second kappa shape index (κ2) is 5.20. The molecule has 0 bridgehead atoms. The summed E-state index contributed by atoms with van der Waals surface area (Å²) in [6, 6.07) is 1.95. The molecule has 0 radical (unpaired) electrons. The first-order valence-electron chi connectivity index (χ1n) is 7.22. The maximum atomic E-state index is 5.67. The van der Waals surface area contributed by atoms with E-state index in [1.165, 1.54) is 0 Å². The van der Waals surface area contributed by atoms with Crippen molar-refractivity contribution in [3.8, 4) is 0 Å². The minimum atomic E-state index is -0.0814. The van der Waals surface area contributed by atoms with Gasteiger partial charge in [-0.2, -0.15) is 0 Å². The van der Waals surface area contributed by atoms with Crippen molar-refractivity contribution in [2.45, 2.75) is 58.1 Å². The Balaban J connectivity index is 2.32. The first kappa shape index (κ1) is 15.0. The highest BCUT2D eigenvalue weighted by Crippen LogP contribution is 2.30. The summed E-state index contributed by atoms with van der Waals surface area (Å²) in [5.41, 5.74) is -0.156. The van der Waals surface area contributed by atoms with Gasteiger partial charge in [-0.3, -0.25) is 0 Å². The Morgan fingerprint density at radius 2 is 1.95 bits per heavy atom. The molecule has 20 heavy (non-hydrogen) atoms. The van der Waals surface area contributed by atoms with Crippen molar-refractivity contribution >= 4 is 11.6 Å². The van der Waals surface area contributed by atoms with Crippen LogP contribution in [0.15, 0.2) is 6.07 Å². The number of nitrogens with zero attached hydrogens (tertiary/aromatic N) is 2. The number of anilines is 2. The Kier molecular flexibility index (Phi) is 3.91. The quantitative estimate of drug-likeness (QED) is 0.890. The van der Waals surface area contributed by atoms with Gasteiger partial charge in [0.25, 0.3) is 0 Å². The molecule has 0 aromatic carbocycles. The van der Waals surface area contributed by atoms with E-state index in [1.807, 2.05) is 13.1 Å². The van der Waals surface area contributed by atoms with E-state index in [1.54, 1.807) is 0 Å². The van der Waals surface area contributed by atoms with Crippen LogP contribution < -0.4 is 10.6 Å². The van der Waals surface area contributed by atoms with Gasteiger partial charge in [0.15, 0.2) is 0 Å². The first-order chi connectivity index (χ1) is 9.24. The van der Waals surface area contributed by atoms with Gasteiger partial charge < -0.3 is 15.4 Å². The van der Waals surface area contributed by atoms with E-state index in [-0.39, 0.29) is 17.1 Å². The summed E-state index contributed by atoms with van der Waals surface area (Å²) in [5, 5.41) is 6.64. The molecule has 0 saturated carbocycles. The molecule has 0 amide bonds. The molecule has 2 N–H and O–H groups in total. The zero-order chi connectivity index (χ0) is 15.0. The minimum absolute atomic E-state index is 0.0749. The third-order valence-electron chi connectivity index (χ3n) is 3.95. The largest absolute Gasteiger partial charge is 0.376 e. The molecular formula is C15H26N4O. The van der Waals surface area contributed by atoms with Gasteiger partial charge in [-0.25, -0.2) is 9.97 Å². The number of nitrogens with one attached hydrogen (secondary N) is 2. The molecule has 1 aromatic rings. The van der Waals surface area contributed by atoms with Crippen LogP contribution in [0.3, 0.4) is 0 Å². The van der Waals surface area contributed by atoms with Crippen LogP contribution in [0.1, 0.15) is 46.9 Å². The SMILES string of the molecule is CNc1cc(NC2(C)CCOC2C)nc(C(C)(C)C)n1. The van der Waals surface area contributed by atoms with E-state index < -0.39 is 0 Å². The smallest absolute Gasteiger partial charge is 0.138 e. The molecule has 5 heteroatoms. The zero-order valence-corrected chi connectivity index (χ0v) is 13.4. The standard InChI is InChI=1S/C15H26N4O/c1-10-15(5,7-8-20-10)19-12-9-11(16-6)17-13(18-12)14(2,3)4/h9-10H,7-8H2,1-6H3,(H2,16,17,18,19). The van der Waals surface area contributed by atoms with Crippen molar-refractivity contribution in [3.05, 3.63) is 11.9 Å². The number of ether oxygens (including phenoxy) is 1. The Bertz CT molecular complexity index is 483. The Hall–Kier alpha value is -1.36. The molecular weight excluding hydrogens is 252 g/mol.